The van der Waals surface area contributed by atoms with Crippen LogP contribution in [0.2, 0.25) is 0 Å². The molecule has 5 heteroatoms. The van der Waals surface area contributed by atoms with Gasteiger partial charge in [-0.3, -0.25) is 9.59 Å². The Morgan fingerprint density at radius 1 is 1.27 bits per heavy atom. The Morgan fingerprint density at radius 2 is 2.00 bits per heavy atom. The third-order valence-corrected chi connectivity index (χ3v) is 8.70. The number of hydrogen-bond acceptors (Lipinski definition) is 5. The Hall–Kier alpha value is -1.04. The standard InChI is InChI=1S/C21H31NO4/c1-19-7-5-13(23)9-12(19)3-4-14-15-6-8-21(26,17(25)11-22)20(15,2)10-16(24)18(14)19/h9,14-16,18,24,26H,3-8,10-11,22H2,1-2H3/t14?,15?,16-,18?,19-,20-,21-/m0/s1. The third kappa shape index (κ3) is 2.14. The molecule has 0 aliphatic heterocycles. The van der Waals surface area contributed by atoms with Crippen LogP contribution in [0.4, 0.5) is 0 Å². The van der Waals surface area contributed by atoms with Crippen molar-refractivity contribution < 1.29 is 19.8 Å². The first-order valence-corrected chi connectivity index (χ1v) is 10.0. The Balaban J connectivity index is 1.74. The van der Waals surface area contributed by atoms with Crippen LogP contribution in [0.3, 0.4) is 0 Å². The van der Waals surface area contributed by atoms with Gasteiger partial charge in [0.25, 0.3) is 0 Å². The molecule has 144 valence electrons. The number of hydrogen-bond donors (Lipinski definition) is 3. The van der Waals surface area contributed by atoms with Gasteiger partial charge in [-0.2, -0.15) is 0 Å². The summed E-state index contributed by atoms with van der Waals surface area (Å²) in [6.45, 7) is 4.03. The molecule has 3 saturated carbocycles. The highest BCUT2D eigenvalue weighted by Gasteiger charge is 2.68. The molecule has 26 heavy (non-hydrogen) atoms. The minimum absolute atomic E-state index is 0.101. The smallest absolute Gasteiger partial charge is 0.178 e. The van der Waals surface area contributed by atoms with Crippen LogP contribution < -0.4 is 5.73 Å². The van der Waals surface area contributed by atoms with Gasteiger partial charge in [0.15, 0.2) is 11.6 Å². The van der Waals surface area contributed by atoms with Crippen molar-refractivity contribution in [2.45, 2.75) is 70.5 Å². The summed E-state index contributed by atoms with van der Waals surface area (Å²) in [5.74, 6) is 0.504. The number of allylic oxidation sites excluding steroid dienone is 1. The van der Waals surface area contributed by atoms with Gasteiger partial charge >= 0.3 is 0 Å². The lowest BCUT2D eigenvalue weighted by molar-refractivity contribution is -0.179. The van der Waals surface area contributed by atoms with Crippen LogP contribution in [-0.2, 0) is 9.59 Å². The second-order valence-electron chi connectivity index (χ2n) is 9.60. The third-order valence-electron chi connectivity index (χ3n) is 8.70. The summed E-state index contributed by atoms with van der Waals surface area (Å²) in [6, 6.07) is 0. The van der Waals surface area contributed by atoms with Gasteiger partial charge in [0, 0.05) is 11.8 Å². The summed E-state index contributed by atoms with van der Waals surface area (Å²) in [7, 11) is 0. The van der Waals surface area contributed by atoms with E-state index >= 15 is 0 Å². The number of carbonyl (C=O) groups is 2. The molecule has 0 bridgehead atoms. The lowest BCUT2D eigenvalue weighted by Crippen LogP contribution is -2.62. The number of aliphatic hydroxyl groups excluding tert-OH is 1. The average molecular weight is 361 g/mol. The zero-order chi connectivity index (χ0) is 18.9. The number of fused-ring (bicyclic) bond motifs is 5. The first-order chi connectivity index (χ1) is 12.2. The predicted molar refractivity (Wildman–Crippen MR) is 97.1 cm³/mol. The molecule has 4 N–H and O–H groups in total. The first-order valence-electron chi connectivity index (χ1n) is 10.0. The number of carbonyl (C=O) groups excluding carboxylic acids is 2. The summed E-state index contributed by atoms with van der Waals surface area (Å²) in [5, 5.41) is 22.5. The van der Waals surface area contributed by atoms with E-state index in [-0.39, 0.29) is 41.3 Å². The quantitative estimate of drug-likeness (QED) is 0.696. The normalized spacial score (nSPS) is 50.5. The SMILES string of the molecule is C[C@]12CCC(=O)C=C1CCC1C2[C@@H](O)C[C@@]2(C)C1CC[C@]2(O)C(=O)CN. The van der Waals surface area contributed by atoms with Crippen LogP contribution in [-0.4, -0.2) is 40.0 Å². The molecular formula is C21H31NO4. The second kappa shape index (κ2) is 5.73. The summed E-state index contributed by atoms with van der Waals surface area (Å²) < 4.78 is 0. The number of nitrogens with two attached hydrogens (primary N) is 1. The molecular weight excluding hydrogens is 330 g/mol. The van der Waals surface area contributed by atoms with Crippen molar-refractivity contribution >= 4 is 11.6 Å². The van der Waals surface area contributed by atoms with Crippen LogP contribution in [0, 0.1) is 28.6 Å². The second-order valence-corrected chi connectivity index (χ2v) is 9.60. The van der Waals surface area contributed by atoms with Gasteiger partial charge < -0.3 is 15.9 Å². The summed E-state index contributed by atoms with van der Waals surface area (Å²) >= 11 is 0. The van der Waals surface area contributed by atoms with Gasteiger partial charge in [0.1, 0.15) is 5.60 Å². The van der Waals surface area contributed by atoms with Crippen LogP contribution in [0.15, 0.2) is 11.6 Å². The van der Waals surface area contributed by atoms with E-state index in [1.165, 1.54) is 5.57 Å². The molecule has 3 fully saturated rings. The Morgan fingerprint density at radius 3 is 2.69 bits per heavy atom. The minimum Gasteiger partial charge on any atom is -0.393 e. The molecule has 0 radical (unpaired) electrons. The Bertz CT molecular complexity index is 687. The topological polar surface area (TPSA) is 101 Å². The lowest BCUT2D eigenvalue weighted by Gasteiger charge is -2.60. The van der Waals surface area contributed by atoms with E-state index < -0.39 is 17.1 Å². The van der Waals surface area contributed by atoms with Crippen molar-refractivity contribution in [1.29, 1.82) is 0 Å². The molecule has 4 aliphatic carbocycles. The monoisotopic (exact) mass is 361 g/mol. The molecule has 4 aliphatic rings. The molecule has 0 aromatic heterocycles. The van der Waals surface area contributed by atoms with Crippen molar-refractivity contribution in [3.05, 3.63) is 11.6 Å². The van der Waals surface area contributed by atoms with Crippen molar-refractivity contribution in [1.82, 2.24) is 0 Å². The van der Waals surface area contributed by atoms with E-state index in [0.717, 1.165) is 25.7 Å². The molecule has 0 aromatic carbocycles. The fraction of sp³-hybridized carbons (Fsp3) is 0.810. The van der Waals surface area contributed by atoms with Gasteiger partial charge in [-0.1, -0.05) is 19.4 Å². The van der Waals surface area contributed by atoms with Crippen molar-refractivity contribution in [2.24, 2.45) is 34.3 Å². The van der Waals surface area contributed by atoms with E-state index in [4.69, 9.17) is 5.73 Å². The zero-order valence-electron chi connectivity index (χ0n) is 15.8. The van der Waals surface area contributed by atoms with Crippen molar-refractivity contribution in [2.75, 3.05) is 6.54 Å². The number of aliphatic hydroxyl groups is 2. The van der Waals surface area contributed by atoms with E-state index in [9.17, 15) is 19.8 Å². The number of ketones is 2. The lowest BCUT2D eigenvalue weighted by atomic mass is 9.45. The van der Waals surface area contributed by atoms with Gasteiger partial charge in [-0.15, -0.1) is 0 Å². The Labute approximate surface area is 155 Å². The van der Waals surface area contributed by atoms with E-state index in [1.54, 1.807) is 0 Å². The predicted octanol–water partition coefficient (Wildman–Crippen LogP) is 1.75. The fourth-order valence-electron chi connectivity index (χ4n) is 7.32. The van der Waals surface area contributed by atoms with Crippen LogP contribution in [0.25, 0.3) is 0 Å². The number of Topliss-reactive ketones (excluding diaryl/α,β-unsaturated/α-hetero) is 1. The largest absolute Gasteiger partial charge is 0.393 e. The van der Waals surface area contributed by atoms with Gasteiger partial charge in [0.05, 0.1) is 12.6 Å². The molecule has 3 unspecified atom stereocenters. The highest BCUT2D eigenvalue weighted by atomic mass is 16.3. The molecule has 0 spiro atoms. The highest BCUT2D eigenvalue weighted by molar-refractivity contribution is 5.92. The highest BCUT2D eigenvalue weighted by Crippen LogP contribution is 2.67. The molecule has 0 aromatic rings. The number of rotatable bonds is 2. The van der Waals surface area contributed by atoms with Crippen molar-refractivity contribution in [3.63, 3.8) is 0 Å². The molecule has 4 rings (SSSR count). The zero-order valence-corrected chi connectivity index (χ0v) is 15.8. The van der Waals surface area contributed by atoms with E-state index in [2.05, 4.69) is 6.92 Å². The summed E-state index contributed by atoms with van der Waals surface area (Å²) in [4.78, 5) is 24.4. The average Bonchev–Trinajstić information content (AvgIpc) is 2.86. The van der Waals surface area contributed by atoms with E-state index in [0.29, 0.717) is 19.3 Å². The summed E-state index contributed by atoms with van der Waals surface area (Å²) in [6.07, 6.45) is 6.08. The fourth-order valence-corrected chi connectivity index (χ4v) is 7.32. The first kappa shape index (κ1) is 18.3. The van der Waals surface area contributed by atoms with E-state index in [1.807, 2.05) is 13.0 Å². The molecule has 5 nitrogen and oxygen atoms in total. The van der Waals surface area contributed by atoms with Crippen LogP contribution in [0.1, 0.15) is 58.8 Å². The molecule has 0 heterocycles. The van der Waals surface area contributed by atoms with Gasteiger partial charge in [-0.25, -0.2) is 0 Å². The maximum atomic E-state index is 12.5. The maximum Gasteiger partial charge on any atom is 0.178 e. The maximum absolute atomic E-state index is 12.5. The van der Waals surface area contributed by atoms with Gasteiger partial charge in [0.2, 0.25) is 0 Å². The minimum atomic E-state index is -1.42. The summed E-state index contributed by atoms with van der Waals surface area (Å²) in [5.41, 5.74) is 4.61. The van der Waals surface area contributed by atoms with Crippen LogP contribution in [0.5, 0.6) is 0 Å². The van der Waals surface area contributed by atoms with Crippen molar-refractivity contribution in [3.8, 4) is 0 Å². The Kier molecular flexibility index (Phi) is 4.04. The van der Waals surface area contributed by atoms with Crippen LogP contribution >= 0.6 is 0 Å². The van der Waals surface area contributed by atoms with Gasteiger partial charge in [-0.05, 0) is 67.8 Å². The molecule has 7 atom stereocenters. The molecule has 0 amide bonds. The molecule has 0 saturated heterocycles.